The number of nitriles is 1. The summed E-state index contributed by atoms with van der Waals surface area (Å²) >= 11 is 5.82. The Morgan fingerprint density at radius 2 is 2.19 bits per heavy atom. The predicted molar refractivity (Wildman–Crippen MR) is 100 cm³/mol. The SMILES string of the molecule is Cc1ccccc1NC(=O)/C(C#N)=C1/NCCN1Cc1ccc(Cl)nc1. The van der Waals surface area contributed by atoms with Gasteiger partial charge in [0.25, 0.3) is 5.91 Å². The van der Waals surface area contributed by atoms with Gasteiger partial charge in [-0.1, -0.05) is 35.9 Å². The molecule has 1 aliphatic rings. The molecule has 0 unspecified atom stereocenters. The standard InChI is InChI=1S/C19H18ClN5O/c1-13-4-2-3-5-16(13)24-19(26)15(10-21)18-22-8-9-25(18)12-14-6-7-17(20)23-11-14/h2-7,11,22H,8-9,12H2,1H3,(H,24,26)/b18-15-. The Bertz CT molecular complexity index is 886. The van der Waals surface area contributed by atoms with E-state index < -0.39 is 5.91 Å². The molecule has 0 aliphatic carbocycles. The number of carbonyl (C=O) groups excluding carboxylic acids is 1. The van der Waals surface area contributed by atoms with Crippen molar-refractivity contribution in [2.45, 2.75) is 13.5 Å². The minimum absolute atomic E-state index is 0.0627. The molecule has 1 fully saturated rings. The summed E-state index contributed by atoms with van der Waals surface area (Å²) in [6.45, 7) is 3.80. The lowest BCUT2D eigenvalue weighted by atomic mass is 10.2. The predicted octanol–water partition coefficient (Wildman–Crippen LogP) is 2.82. The Morgan fingerprint density at radius 3 is 2.88 bits per heavy atom. The summed E-state index contributed by atoms with van der Waals surface area (Å²) in [6, 6.07) is 13.1. The van der Waals surface area contributed by atoms with Crippen molar-refractivity contribution in [3.8, 4) is 6.07 Å². The lowest BCUT2D eigenvalue weighted by Crippen LogP contribution is -2.26. The number of benzene rings is 1. The van der Waals surface area contributed by atoms with Crippen LogP contribution in [0.5, 0.6) is 0 Å². The fourth-order valence-corrected chi connectivity index (χ4v) is 2.88. The number of anilines is 1. The van der Waals surface area contributed by atoms with Crippen LogP contribution < -0.4 is 10.6 Å². The molecule has 0 bridgehead atoms. The van der Waals surface area contributed by atoms with Gasteiger partial charge < -0.3 is 15.5 Å². The van der Waals surface area contributed by atoms with Crippen molar-refractivity contribution in [1.29, 1.82) is 5.26 Å². The Morgan fingerprint density at radius 1 is 1.38 bits per heavy atom. The maximum absolute atomic E-state index is 12.6. The van der Waals surface area contributed by atoms with Gasteiger partial charge in [0.1, 0.15) is 17.0 Å². The van der Waals surface area contributed by atoms with Crippen molar-refractivity contribution in [3.63, 3.8) is 0 Å². The van der Waals surface area contributed by atoms with Crippen LogP contribution in [0.15, 0.2) is 54.0 Å². The molecule has 1 amide bonds. The highest BCUT2D eigenvalue weighted by Crippen LogP contribution is 2.19. The second-order valence-electron chi connectivity index (χ2n) is 5.94. The number of aromatic nitrogens is 1. The number of carbonyl (C=O) groups is 1. The Balaban J connectivity index is 1.82. The van der Waals surface area contributed by atoms with Crippen molar-refractivity contribution in [3.05, 3.63) is 70.3 Å². The van der Waals surface area contributed by atoms with Gasteiger partial charge in [-0.05, 0) is 30.2 Å². The van der Waals surface area contributed by atoms with E-state index in [1.54, 1.807) is 12.3 Å². The summed E-state index contributed by atoms with van der Waals surface area (Å²) < 4.78 is 0. The largest absolute Gasteiger partial charge is 0.369 e. The first kappa shape index (κ1) is 17.8. The summed E-state index contributed by atoms with van der Waals surface area (Å²) in [4.78, 5) is 18.7. The summed E-state index contributed by atoms with van der Waals surface area (Å²) in [5, 5.41) is 15.9. The van der Waals surface area contributed by atoms with Crippen LogP contribution in [0.1, 0.15) is 11.1 Å². The third-order valence-corrected chi connectivity index (χ3v) is 4.34. The Kier molecular flexibility index (Phi) is 5.40. The topological polar surface area (TPSA) is 81.0 Å². The molecule has 26 heavy (non-hydrogen) atoms. The fourth-order valence-electron chi connectivity index (χ4n) is 2.77. The lowest BCUT2D eigenvalue weighted by molar-refractivity contribution is -0.112. The van der Waals surface area contributed by atoms with Gasteiger partial charge >= 0.3 is 0 Å². The molecule has 3 rings (SSSR count). The fraction of sp³-hybridized carbons (Fsp3) is 0.211. The summed E-state index contributed by atoms with van der Waals surface area (Å²) in [5.41, 5.74) is 2.64. The minimum atomic E-state index is -0.426. The highest BCUT2D eigenvalue weighted by Gasteiger charge is 2.25. The van der Waals surface area contributed by atoms with Crippen molar-refractivity contribution in [1.82, 2.24) is 15.2 Å². The third-order valence-electron chi connectivity index (χ3n) is 4.12. The first-order valence-electron chi connectivity index (χ1n) is 8.19. The molecule has 132 valence electrons. The van der Waals surface area contributed by atoms with Crippen LogP contribution in [0.2, 0.25) is 5.15 Å². The number of pyridine rings is 1. The molecule has 6 nitrogen and oxygen atoms in total. The van der Waals surface area contributed by atoms with E-state index in [0.29, 0.717) is 36.3 Å². The molecule has 0 atom stereocenters. The number of aryl methyl sites for hydroxylation is 1. The molecule has 1 saturated heterocycles. The van der Waals surface area contributed by atoms with Gasteiger partial charge in [-0.3, -0.25) is 4.79 Å². The smallest absolute Gasteiger partial charge is 0.270 e. The summed E-state index contributed by atoms with van der Waals surface area (Å²) in [5.74, 6) is 0.110. The highest BCUT2D eigenvalue weighted by molar-refractivity contribution is 6.29. The molecule has 0 radical (unpaired) electrons. The van der Waals surface area contributed by atoms with Gasteiger partial charge in [0.15, 0.2) is 5.57 Å². The Hall–Kier alpha value is -3.04. The summed E-state index contributed by atoms with van der Waals surface area (Å²) in [6.07, 6.45) is 1.69. The van der Waals surface area contributed by atoms with Crippen LogP contribution in [-0.2, 0) is 11.3 Å². The van der Waals surface area contributed by atoms with Gasteiger partial charge in [-0.25, -0.2) is 4.98 Å². The third kappa shape index (κ3) is 3.95. The average molecular weight is 368 g/mol. The zero-order valence-electron chi connectivity index (χ0n) is 14.3. The second kappa shape index (κ2) is 7.89. The number of halogens is 1. The molecule has 1 aromatic heterocycles. The van der Waals surface area contributed by atoms with E-state index in [2.05, 4.69) is 15.6 Å². The zero-order valence-corrected chi connectivity index (χ0v) is 15.0. The number of para-hydroxylation sites is 1. The normalized spacial score (nSPS) is 15.2. The number of amides is 1. The van der Waals surface area contributed by atoms with Gasteiger partial charge in [-0.2, -0.15) is 5.26 Å². The van der Waals surface area contributed by atoms with Crippen LogP contribution in [0.3, 0.4) is 0 Å². The molecular weight excluding hydrogens is 350 g/mol. The van der Waals surface area contributed by atoms with E-state index in [4.69, 9.17) is 11.6 Å². The molecule has 1 aliphatic heterocycles. The maximum atomic E-state index is 12.6. The van der Waals surface area contributed by atoms with Crippen molar-refractivity contribution in [2.75, 3.05) is 18.4 Å². The van der Waals surface area contributed by atoms with E-state index in [1.807, 2.05) is 48.2 Å². The number of rotatable bonds is 4. The van der Waals surface area contributed by atoms with Gasteiger partial charge in [0.2, 0.25) is 0 Å². The second-order valence-corrected chi connectivity index (χ2v) is 6.33. The molecule has 0 saturated carbocycles. The molecule has 2 N–H and O–H groups in total. The van der Waals surface area contributed by atoms with Crippen molar-refractivity contribution >= 4 is 23.2 Å². The highest BCUT2D eigenvalue weighted by atomic mass is 35.5. The van der Waals surface area contributed by atoms with Crippen LogP contribution in [0, 0.1) is 18.3 Å². The lowest BCUT2D eigenvalue weighted by Gasteiger charge is -2.20. The minimum Gasteiger partial charge on any atom is -0.369 e. The number of nitrogens with zero attached hydrogens (tertiary/aromatic N) is 3. The first-order chi connectivity index (χ1) is 12.6. The quantitative estimate of drug-likeness (QED) is 0.493. The number of hydrogen-bond donors (Lipinski definition) is 2. The molecule has 1 aromatic carbocycles. The van der Waals surface area contributed by atoms with E-state index in [1.165, 1.54) is 0 Å². The molecule has 2 heterocycles. The van der Waals surface area contributed by atoms with Crippen molar-refractivity contribution < 1.29 is 4.79 Å². The van der Waals surface area contributed by atoms with E-state index in [9.17, 15) is 10.1 Å². The van der Waals surface area contributed by atoms with E-state index in [0.717, 1.165) is 11.1 Å². The number of hydrogen-bond acceptors (Lipinski definition) is 5. The maximum Gasteiger partial charge on any atom is 0.270 e. The van der Waals surface area contributed by atoms with Crippen LogP contribution >= 0.6 is 11.6 Å². The molecule has 7 heteroatoms. The van der Waals surface area contributed by atoms with E-state index in [-0.39, 0.29) is 5.57 Å². The zero-order chi connectivity index (χ0) is 18.5. The molecule has 2 aromatic rings. The number of nitrogens with one attached hydrogen (secondary N) is 2. The monoisotopic (exact) mass is 367 g/mol. The van der Waals surface area contributed by atoms with Crippen LogP contribution in [-0.4, -0.2) is 28.9 Å². The molecular formula is C19H18ClN5O. The van der Waals surface area contributed by atoms with Crippen molar-refractivity contribution in [2.24, 2.45) is 0 Å². The Labute approximate surface area is 157 Å². The van der Waals surface area contributed by atoms with Gasteiger partial charge in [-0.15, -0.1) is 0 Å². The van der Waals surface area contributed by atoms with E-state index >= 15 is 0 Å². The molecule has 0 spiro atoms. The van der Waals surface area contributed by atoms with Crippen LogP contribution in [0.4, 0.5) is 5.69 Å². The average Bonchev–Trinajstić information content (AvgIpc) is 3.07. The summed E-state index contributed by atoms with van der Waals surface area (Å²) in [7, 11) is 0. The van der Waals surface area contributed by atoms with Gasteiger partial charge in [0.05, 0.1) is 0 Å². The van der Waals surface area contributed by atoms with Crippen LogP contribution in [0.25, 0.3) is 0 Å². The van der Waals surface area contributed by atoms with Gasteiger partial charge in [0, 0.05) is 31.5 Å². The first-order valence-corrected chi connectivity index (χ1v) is 8.57.